The number of carbonyl (C=O) groups excluding carboxylic acids is 1. The lowest BCUT2D eigenvalue weighted by molar-refractivity contribution is 0.0623. The summed E-state index contributed by atoms with van der Waals surface area (Å²) in [6.07, 6.45) is 6.90. The minimum Gasteiger partial charge on any atom is -0.351 e. The van der Waals surface area contributed by atoms with Gasteiger partial charge in [-0.15, -0.1) is 10.2 Å². The van der Waals surface area contributed by atoms with Gasteiger partial charge in [0.05, 0.1) is 0 Å². The van der Waals surface area contributed by atoms with E-state index in [1.54, 1.807) is 11.3 Å². The van der Waals surface area contributed by atoms with Crippen molar-refractivity contribution in [3.05, 3.63) is 46.0 Å². The van der Waals surface area contributed by atoms with Gasteiger partial charge in [-0.2, -0.15) is 0 Å². The van der Waals surface area contributed by atoms with Crippen LogP contribution in [0.1, 0.15) is 71.9 Å². The molecule has 1 amide bonds. The number of amides is 1. The Morgan fingerprint density at radius 3 is 2.90 bits per heavy atom. The van der Waals surface area contributed by atoms with E-state index in [9.17, 15) is 4.79 Å². The second-order valence-electron chi connectivity index (χ2n) is 8.57. The summed E-state index contributed by atoms with van der Waals surface area (Å²) in [5, 5.41) is 15.8. The molecule has 0 bridgehead atoms. The Labute approximate surface area is 181 Å². The maximum absolute atomic E-state index is 13.3. The molecular weight excluding hydrogens is 394 g/mol. The number of rotatable bonds is 7. The van der Waals surface area contributed by atoms with Crippen LogP contribution in [-0.2, 0) is 6.54 Å². The fraction of sp³-hybridized carbons (Fsp3) is 0.522. The normalized spacial score (nSPS) is 21.8. The standard InChI is InChI=1S/C23H29N5OS/c1-2-28(23(29)20-12-16-6-3-4-9-19(16)25-20)18-8-5-7-17(13-18)24-14-21-26-27-22(30-21)15-10-11-15/h3-4,6,9,12,15,17-18,24-25H,2,5,7-8,10-11,13-14H2,1H3. The molecule has 2 saturated carbocycles. The number of aromatic nitrogens is 3. The number of nitrogens with zero attached hydrogens (tertiary/aromatic N) is 3. The van der Waals surface area contributed by atoms with E-state index >= 15 is 0 Å². The van der Waals surface area contributed by atoms with Gasteiger partial charge in [0.1, 0.15) is 15.7 Å². The molecule has 0 radical (unpaired) electrons. The Morgan fingerprint density at radius 1 is 1.23 bits per heavy atom. The van der Waals surface area contributed by atoms with Gasteiger partial charge < -0.3 is 15.2 Å². The average molecular weight is 424 g/mol. The first kappa shape index (κ1) is 19.7. The highest BCUT2D eigenvalue weighted by Gasteiger charge is 2.30. The van der Waals surface area contributed by atoms with E-state index in [-0.39, 0.29) is 11.9 Å². The van der Waals surface area contributed by atoms with Crippen LogP contribution < -0.4 is 5.32 Å². The highest BCUT2D eigenvalue weighted by atomic mass is 32.1. The van der Waals surface area contributed by atoms with Crippen molar-refractivity contribution in [3.63, 3.8) is 0 Å². The van der Waals surface area contributed by atoms with Gasteiger partial charge >= 0.3 is 0 Å². The molecule has 1 aromatic carbocycles. The maximum Gasteiger partial charge on any atom is 0.270 e. The largest absolute Gasteiger partial charge is 0.351 e. The summed E-state index contributed by atoms with van der Waals surface area (Å²) >= 11 is 1.75. The van der Waals surface area contributed by atoms with Crippen LogP contribution in [0, 0.1) is 0 Å². The molecule has 2 aromatic heterocycles. The third kappa shape index (κ3) is 4.14. The SMILES string of the molecule is CCN(C(=O)c1cc2ccccc2[nH]1)C1CCCC(NCc2nnc(C3CC3)s2)C1. The topological polar surface area (TPSA) is 73.9 Å². The van der Waals surface area contributed by atoms with Gasteiger partial charge in [0, 0.05) is 42.0 Å². The predicted octanol–water partition coefficient (Wildman–Crippen LogP) is 4.46. The molecule has 3 aromatic rings. The van der Waals surface area contributed by atoms with Gasteiger partial charge in [-0.3, -0.25) is 4.79 Å². The van der Waals surface area contributed by atoms with Gasteiger partial charge in [-0.25, -0.2) is 0 Å². The second kappa shape index (κ2) is 8.47. The molecule has 2 unspecified atom stereocenters. The molecule has 6 nitrogen and oxygen atoms in total. The number of hydrogen-bond donors (Lipinski definition) is 2. The Bertz CT molecular complexity index is 990. The summed E-state index contributed by atoms with van der Waals surface area (Å²) in [6.45, 7) is 3.59. The van der Waals surface area contributed by atoms with Gasteiger partial charge in [0.2, 0.25) is 0 Å². The number of para-hydroxylation sites is 1. The molecule has 5 rings (SSSR count). The Kier molecular flexibility index (Phi) is 5.56. The molecule has 2 aliphatic rings. The monoisotopic (exact) mass is 423 g/mol. The van der Waals surface area contributed by atoms with Crippen LogP contribution in [0.2, 0.25) is 0 Å². The molecular formula is C23H29N5OS. The predicted molar refractivity (Wildman–Crippen MR) is 120 cm³/mol. The molecule has 0 saturated heterocycles. The van der Waals surface area contributed by atoms with Crippen LogP contribution in [0.25, 0.3) is 10.9 Å². The lowest BCUT2D eigenvalue weighted by Gasteiger charge is -2.37. The first-order valence-corrected chi connectivity index (χ1v) is 12.0. The molecule has 158 valence electrons. The first-order valence-electron chi connectivity index (χ1n) is 11.2. The van der Waals surface area contributed by atoms with E-state index in [1.807, 2.05) is 30.3 Å². The average Bonchev–Trinajstić information content (AvgIpc) is 3.35. The van der Waals surface area contributed by atoms with Crippen molar-refractivity contribution < 1.29 is 4.79 Å². The number of carbonyl (C=O) groups is 1. The summed E-state index contributed by atoms with van der Waals surface area (Å²) < 4.78 is 0. The highest BCUT2D eigenvalue weighted by Crippen LogP contribution is 2.41. The Balaban J connectivity index is 1.22. The van der Waals surface area contributed by atoms with Crippen LogP contribution in [-0.4, -0.2) is 44.6 Å². The van der Waals surface area contributed by atoms with Crippen molar-refractivity contribution in [2.24, 2.45) is 0 Å². The molecule has 7 heteroatoms. The van der Waals surface area contributed by atoms with E-state index in [4.69, 9.17) is 0 Å². The smallest absolute Gasteiger partial charge is 0.270 e. The number of hydrogen-bond acceptors (Lipinski definition) is 5. The van der Waals surface area contributed by atoms with E-state index in [1.165, 1.54) is 17.8 Å². The van der Waals surface area contributed by atoms with Gasteiger partial charge in [-0.1, -0.05) is 29.5 Å². The fourth-order valence-electron chi connectivity index (χ4n) is 4.61. The minimum absolute atomic E-state index is 0.109. The van der Waals surface area contributed by atoms with Gasteiger partial charge in [0.15, 0.2) is 0 Å². The molecule has 2 aliphatic carbocycles. The minimum atomic E-state index is 0.109. The quantitative estimate of drug-likeness (QED) is 0.588. The van der Waals surface area contributed by atoms with Crippen LogP contribution in [0.15, 0.2) is 30.3 Å². The summed E-state index contributed by atoms with van der Waals surface area (Å²) in [7, 11) is 0. The van der Waals surface area contributed by atoms with Crippen molar-refractivity contribution >= 4 is 28.1 Å². The lowest BCUT2D eigenvalue weighted by atomic mass is 9.89. The molecule has 30 heavy (non-hydrogen) atoms. The maximum atomic E-state index is 13.3. The van der Waals surface area contributed by atoms with Crippen LogP contribution in [0.4, 0.5) is 0 Å². The van der Waals surface area contributed by atoms with Gasteiger partial charge in [0.25, 0.3) is 5.91 Å². The number of benzene rings is 1. The number of H-pyrrole nitrogens is 1. The summed E-state index contributed by atoms with van der Waals surface area (Å²) in [5.74, 6) is 0.779. The first-order chi connectivity index (χ1) is 14.7. The van der Waals surface area contributed by atoms with Crippen molar-refractivity contribution in [3.8, 4) is 0 Å². The zero-order chi connectivity index (χ0) is 20.5. The molecule has 0 spiro atoms. The summed E-state index contributed by atoms with van der Waals surface area (Å²) in [5.41, 5.74) is 1.71. The highest BCUT2D eigenvalue weighted by molar-refractivity contribution is 7.11. The van der Waals surface area contributed by atoms with E-state index in [0.29, 0.717) is 17.7 Å². The van der Waals surface area contributed by atoms with Crippen molar-refractivity contribution in [2.75, 3.05) is 6.54 Å². The van der Waals surface area contributed by atoms with E-state index in [0.717, 1.165) is 54.7 Å². The molecule has 0 aliphatic heterocycles. The molecule has 2 heterocycles. The summed E-state index contributed by atoms with van der Waals surface area (Å²) in [6, 6.07) is 10.7. The fourth-order valence-corrected chi connectivity index (χ4v) is 5.57. The van der Waals surface area contributed by atoms with Crippen LogP contribution in [0.3, 0.4) is 0 Å². The second-order valence-corrected chi connectivity index (χ2v) is 9.66. The molecule has 2 atom stereocenters. The molecule has 2 N–H and O–H groups in total. The van der Waals surface area contributed by atoms with E-state index in [2.05, 4.69) is 32.3 Å². The lowest BCUT2D eigenvalue weighted by Crippen LogP contribution is -2.46. The Hall–Kier alpha value is -2.25. The van der Waals surface area contributed by atoms with Gasteiger partial charge in [-0.05, 0) is 57.6 Å². The number of aromatic amines is 1. The Morgan fingerprint density at radius 2 is 2.10 bits per heavy atom. The zero-order valence-corrected chi connectivity index (χ0v) is 18.3. The zero-order valence-electron chi connectivity index (χ0n) is 17.4. The number of fused-ring (bicyclic) bond motifs is 1. The number of nitrogens with one attached hydrogen (secondary N) is 2. The van der Waals surface area contributed by atoms with Crippen molar-refractivity contribution in [1.82, 2.24) is 25.4 Å². The third-order valence-electron chi connectivity index (χ3n) is 6.40. The third-order valence-corrected chi connectivity index (χ3v) is 7.49. The van der Waals surface area contributed by atoms with Crippen molar-refractivity contribution in [1.29, 1.82) is 0 Å². The van der Waals surface area contributed by atoms with Crippen LogP contribution >= 0.6 is 11.3 Å². The van der Waals surface area contributed by atoms with E-state index < -0.39 is 0 Å². The summed E-state index contributed by atoms with van der Waals surface area (Å²) in [4.78, 5) is 18.6. The molecule has 2 fully saturated rings. The van der Waals surface area contributed by atoms with Crippen LogP contribution in [0.5, 0.6) is 0 Å². The van der Waals surface area contributed by atoms with Crippen molar-refractivity contribution in [2.45, 2.75) is 70.0 Å².